The standard InChI is InChI=1S/C22H22F3N3O4S/c1-14(2)28-21(30)18-7-6-15(12-19(18)33(28,31)32)20(29)27-10-8-26(9-11-27)17-5-3-4-16(13-17)22(23,24)25/h3-7,12-14H,8-11H2,1-2H3. The lowest BCUT2D eigenvalue weighted by Crippen LogP contribution is -2.48. The molecule has 2 aromatic carbocycles. The summed E-state index contributed by atoms with van der Waals surface area (Å²) in [5.41, 5.74) is -0.131. The van der Waals surface area contributed by atoms with E-state index in [4.69, 9.17) is 0 Å². The van der Waals surface area contributed by atoms with Gasteiger partial charge in [0.15, 0.2) is 0 Å². The highest BCUT2D eigenvalue weighted by atomic mass is 32.2. The summed E-state index contributed by atoms with van der Waals surface area (Å²) in [6, 6.07) is 8.49. The molecule has 0 bridgehead atoms. The van der Waals surface area contributed by atoms with Gasteiger partial charge < -0.3 is 9.80 Å². The maximum absolute atomic E-state index is 13.0. The van der Waals surface area contributed by atoms with Gasteiger partial charge in [-0.25, -0.2) is 12.7 Å². The number of fused-ring (bicyclic) bond motifs is 1. The zero-order valence-corrected chi connectivity index (χ0v) is 18.8. The molecule has 0 aromatic heterocycles. The van der Waals surface area contributed by atoms with Crippen molar-refractivity contribution in [2.45, 2.75) is 31.0 Å². The van der Waals surface area contributed by atoms with Crippen molar-refractivity contribution in [3.63, 3.8) is 0 Å². The number of carbonyl (C=O) groups excluding carboxylic acids is 2. The molecule has 0 radical (unpaired) electrons. The van der Waals surface area contributed by atoms with Gasteiger partial charge in [0, 0.05) is 43.5 Å². The molecule has 0 saturated carbocycles. The van der Waals surface area contributed by atoms with Crippen molar-refractivity contribution >= 4 is 27.5 Å². The summed E-state index contributed by atoms with van der Waals surface area (Å²) in [5.74, 6) is -1.01. The number of carbonyl (C=O) groups is 2. The molecule has 1 fully saturated rings. The molecule has 176 valence electrons. The van der Waals surface area contributed by atoms with Crippen LogP contribution in [0.3, 0.4) is 0 Å². The molecule has 2 aliphatic rings. The van der Waals surface area contributed by atoms with Crippen LogP contribution in [0.5, 0.6) is 0 Å². The van der Waals surface area contributed by atoms with Gasteiger partial charge >= 0.3 is 6.18 Å². The van der Waals surface area contributed by atoms with Crippen LogP contribution in [-0.4, -0.2) is 61.7 Å². The first kappa shape index (κ1) is 23.1. The first-order valence-corrected chi connectivity index (χ1v) is 11.8. The molecule has 0 aliphatic carbocycles. The van der Waals surface area contributed by atoms with Crippen molar-refractivity contribution < 1.29 is 31.2 Å². The lowest BCUT2D eigenvalue weighted by molar-refractivity contribution is -0.137. The predicted octanol–water partition coefficient (Wildman–Crippen LogP) is 3.22. The highest BCUT2D eigenvalue weighted by Crippen LogP contribution is 2.34. The molecule has 4 rings (SSSR count). The van der Waals surface area contributed by atoms with Crippen molar-refractivity contribution in [1.82, 2.24) is 9.21 Å². The molecule has 2 aromatic rings. The maximum Gasteiger partial charge on any atom is 0.416 e. The zero-order chi connectivity index (χ0) is 24.1. The minimum Gasteiger partial charge on any atom is -0.368 e. The van der Waals surface area contributed by atoms with Crippen molar-refractivity contribution in [3.05, 3.63) is 59.2 Å². The van der Waals surface area contributed by atoms with Crippen molar-refractivity contribution in [2.75, 3.05) is 31.1 Å². The molecule has 33 heavy (non-hydrogen) atoms. The molecule has 0 unspecified atom stereocenters. The van der Waals surface area contributed by atoms with Crippen LogP contribution >= 0.6 is 0 Å². The summed E-state index contributed by atoms with van der Waals surface area (Å²) in [5, 5.41) is 0. The lowest BCUT2D eigenvalue weighted by Gasteiger charge is -2.36. The summed E-state index contributed by atoms with van der Waals surface area (Å²) < 4.78 is 65.3. The number of alkyl halides is 3. The number of anilines is 1. The third-order valence-corrected chi connectivity index (χ3v) is 7.77. The van der Waals surface area contributed by atoms with E-state index in [2.05, 4.69) is 0 Å². The van der Waals surface area contributed by atoms with Gasteiger partial charge in [-0.2, -0.15) is 13.2 Å². The Labute approximate surface area is 189 Å². The highest BCUT2D eigenvalue weighted by Gasteiger charge is 2.43. The van der Waals surface area contributed by atoms with Crippen molar-refractivity contribution in [2.24, 2.45) is 0 Å². The number of benzene rings is 2. The van der Waals surface area contributed by atoms with Crippen molar-refractivity contribution in [3.8, 4) is 0 Å². The number of hydrogen-bond acceptors (Lipinski definition) is 5. The minimum atomic E-state index is -4.44. The van der Waals surface area contributed by atoms with Gasteiger partial charge in [-0.3, -0.25) is 9.59 Å². The van der Waals surface area contributed by atoms with Gasteiger partial charge in [-0.1, -0.05) is 6.07 Å². The van der Waals surface area contributed by atoms with Gasteiger partial charge in [0.1, 0.15) is 4.90 Å². The molecule has 2 amide bonds. The van der Waals surface area contributed by atoms with Crippen LogP contribution in [0.25, 0.3) is 0 Å². The van der Waals surface area contributed by atoms with Crippen LogP contribution in [0.2, 0.25) is 0 Å². The monoisotopic (exact) mass is 481 g/mol. The van der Waals surface area contributed by atoms with Gasteiger partial charge in [0.2, 0.25) is 0 Å². The lowest BCUT2D eigenvalue weighted by atomic mass is 10.1. The molecule has 0 atom stereocenters. The average molecular weight is 481 g/mol. The Balaban J connectivity index is 1.50. The average Bonchev–Trinajstić information content (AvgIpc) is 2.97. The molecule has 2 aliphatic heterocycles. The fourth-order valence-electron chi connectivity index (χ4n) is 4.12. The van der Waals surface area contributed by atoms with E-state index in [0.29, 0.717) is 18.8 Å². The smallest absolute Gasteiger partial charge is 0.368 e. The van der Waals surface area contributed by atoms with Crippen LogP contribution in [0.15, 0.2) is 47.4 Å². The van der Waals surface area contributed by atoms with E-state index in [1.165, 1.54) is 29.2 Å². The quantitative estimate of drug-likeness (QED) is 0.673. The number of halogens is 3. The summed E-state index contributed by atoms with van der Waals surface area (Å²) in [7, 11) is -4.03. The number of amides is 2. The van der Waals surface area contributed by atoms with Crippen LogP contribution < -0.4 is 4.90 Å². The minimum absolute atomic E-state index is 0.0367. The number of piperazine rings is 1. The Bertz CT molecular complexity index is 1220. The second-order valence-electron chi connectivity index (χ2n) is 8.24. The Morgan fingerprint density at radius 1 is 1.00 bits per heavy atom. The number of sulfonamides is 1. The zero-order valence-electron chi connectivity index (χ0n) is 18.0. The molecule has 1 saturated heterocycles. The van der Waals surface area contributed by atoms with Gasteiger partial charge in [0.05, 0.1) is 11.1 Å². The third-order valence-electron chi connectivity index (χ3n) is 5.77. The van der Waals surface area contributed by atoms with E-state index in [9.17, 15) is 31.2 Å². The fourth-order valence-corrected chi connectivity index (χ4v) is 5.91. The Hall–Kier alpha value is -3.08. The summed E-state index contributed by atoms with van der Waals surface area (Å²) in [6.45, 7) is 4.37. The molecule has 2 heterocycles. The molecule has 11 heteroatoms. The van der Waals surface area contributed by atoms with E-state index >= 15 is 0 Å². The first-order chi connectivity index (χ1) is 15.4. The van der Waals surface area contributed by atoms with Crippen molar-refractivity contribution in [1.29, 1.82) is 0 Å². The third kappa shape index (κ3) is 4.05. The topological polar surface area (TPSA) is 78.0 Å². The second kappa shape index (κ2) is 8.05. The summed E-state index contributed by atoms with van der Waals surface area (Å²) >= 11 is 0. The van der Waals surface area contributed by atoms with Crippen LogP contribution in [0.1, 0.15) is 40.1 Å². The Morgan fingerprint density at radius 2 is 1.67 bits per heavy atom. The summed E-state index contributed by atoms with van der Waals surface area (Å²) in [6.07, 6.45) is -4.44. The molecule has 7 nitrogen and oxygen atoms in total. The fraction of sp³-hybridized carbons (Fsp3) is 0.364. The number of hydrogen-bond donors (Lipinski definition) is 0. The molecule has 0 N–H and O–H groups in total. The van der Waals surface area contributed by atoms with E-state index in [-0.39, 0.29) is 29.1 Å². The van der Waals surface area contributed by atoms with Gasteiger partial charge in [0.25, 0.3) is 21.8 Å². The highest BCUT2D eigenvalue weighted by molar-refractivity contribution is 7.90. The van der Waals surface area contributed by atoms with Crippen LogP contribution in [0, 0.1) is 0 Å². The van der Waals surface area contributed by atoms with Gasteiger partial charge in [-0.15, -0.1) is 0 Å². The normalized spacial score (nSPS) is 18.1. The van der Waals surface area contributed by atoms with E-state index in [1.807, 2.05) is 0 Å². The van der Waals surface area contributed by atoms with E-state index in [1.54, 1.807) is 24.8 Å². The predicted molar refractivity (Wildman–Crippen MR) is 114 cm³/mol. The number of nitrogens with zero attached hydrogens (tertiary/aromatic N) is 3. The summed E-state index contributed by atoms with van der Waals surface area (Å²) in [4.78, 5) is 28.6. The Morgan fingerprint density at radius 3 is 2.27 bits per heavy atom. The number of rotatable bonds is 3. The van der Waals surface area contributed by atoms with E-state index < -0.39 is 39.6 Å². The molecule has 0 spiro atoms. The molecular weight excluding hydrogens is 459 g/mol. The van der Waals surface area contributed by atoms with Crippen LogP contribution in [0.4, 0.5) is 18.9 Å². The molecular formula is C22H22F3N3O4S. The second-order valence-corrected chi connectivity index (χ2v) is 10.0. The Kier molecular flexibility index (Phi) is 5.63. The largest absolute Gasteiger partial charge is 0.416 e. The van der Waals surface area contributed by atoms with Crippen LogP contribution in [-0.2, 0) is 16.2 Å². The first-order valence-electron chi connectivity index (χ1n) is 10.4. The maximum atomic E-state index is 13.0. The van der Waals surface area contributed by atoms with Gasteiger partial charge in [-0.05, 0) is 50.2 Å². The SMILES string of the molecule is CC(C)N1C(=O)c2ccc(C(=O)N3CCN(c4cccc(C(F)(F)F)c4)CC3)cc2S1(=O)=O. The van der Waals surface area contributed by atoms with E-state index in [0.717, 1.165) is 16.4 Å².